The van der Waals surface area contributed by atoms with Crippen LogP contribution in [0.25, 0.3) is 0 Å². The molecule has 1 aromatic carbocycles. The van der Waals surface area contributed by atoms with Gasteiger partial charge < -0.3 is 9.80 Å². The number of hydrogen-bond donors (Lipinski definition) is 0. The van der Waals surface area contributed by atoms with Crippen LogP contribution in [0.3, 0.4) is 0 Å². The fourth-order valence-corrected chi connectivity index (χ4v) is 1.92. The van der Waals surface area contributed by atoms with E-state index < -0.39 is 11.8 Å². The van der Waals surface area contributed by atoms with Gasteiger partial charge in [-0.25, -0.2) is 0 Å². The number of likely N-dealkylation sites (N-methyl/N-ethyl adjacent to an activating group) is 1. The van der Waals surface area contributed by atoms with E-state index in [0.717, 1.165) is 0 Å². The third kappa shape index (κ3) is 2.67. The van der Waals surface area contributed by atoms with E-state index in [0.29, 0.717) is 24.2 Å². The first-order valence-corrected chi connectivity index (χ1v) is 6.10. The third-order valence-electron chi connectivity index (χ3n) is 3.19. The van der Waals surface area contributed by atoms with Gasteiger partial charge in [0.15, 0.2) is 5.78 Å². The summed E-state index contributed by atoms with van der Waals surface area (Å²) in [6.07, 6.45) is 0. The number of piperazine rings is 1. The molecule has 0 spiro atoms. The number of hydrogen-bond acceptors (Lipinski definition) is 4. The molecule has 0 saturated carbocycles. The van der Waals surface area contributed by atoms with Gasteiger partial charge in [-0.1, -0.05) is 12.1 Å². The molecule has 1 aromatic rings. The topological polar surface area (TPSA) is 81.5 Å². The molecule has 1 heterocycles. The van der Waals surface area contributed by atoms with Gasteiger partial charge in [-0.05, 0) is 12.1 Å². The molecule has 0 aliphatic carbocycles. The van der Waals surface area contributed by atoms with Gasteiger partial charge in [0.25, 0.3) is 0 Å². The lowest BCUT2D eigenvalue weighted by atomic mass is 10.1. The fraction of sp³-hybridized carbons (Fsp3) is 0.286. The van der Waals surface area contributed by atoms with E-state index in [2.05, 4.69) is 0 Å². The average Bonchev–Trinajstić information content (AvgIpc) is 2.48. The van der Waals surface area contributed by atoms with Crippen molar-refractivity contribution in [1.29, 1.82) is 5.26 Å². The lowest BCUT2D eigenvalue weighted by molar-refractivity contribution is -0.154. The van der Waals surface area contributed by atoms with E-state index in [-0.39, 0.29) is 12.3 Å². The standard InChI is InChI=1S/C14H13N3O3/c1-16-6-7-17(14(20)13(16)19)9-12(18)11-4-2-10(8-15)3-5-11/h2-5H,6-7,9H2,1H3. The van der Waals surface area contributed by atoms with Crippen molar-refractivity contribution in [2.75, 3.05) is 26.7 Å². The van der Waals surface area contributed by atoms with Crippen molar-refractivity contribution >= 4 is 17.6 Å². The highest BCUT2D eigenvalue weighted by atomic mass is 16.2. The van der Waals surface area contributed by atoms with Gasteiger partial charge in [0.2, 0.25) is 0 Å². The number of nitrogens with zero attached hydrogens (tertiary/aromatic N) is 3. The summed E-state index contributed by atoms with van der Waals surface area (Å²) < 4.78 is 0. The molecule has 1 fully saturated rings. The number of ketones is 1. The molecule has 0 unspecified atom stereocenters. The molecule has 1 aliphatic heterocycles. The number of amides is 2. The Morgan fingerprint density at radius 3 is 2.45 bits per heavy atom. The zero-order valence-electron chi connectivity index (χ0n) is 11.0. The van der Waals surface area contributed by atoms with Crippen molar-refractivity contribution in [2.24, 2.45) is 0 Å². The number of Topliss-reactive ketones (excluding diaryl/α,β-unsaturated/α-hetero) is 1. The second-order valence-corrected chi connectivity index (χ2v) is 4.57. The minimum Gasteiger partial charge on any atom is -0.336 e. The van der Waals surface area contributed by atoms with Crippen LogP contribution in [-0.2, 0) is 9.59 Å². The fourth-order valence-electron chi connectivity index (χ4n) is 1.92. The molecule has 6 heteroatoms. The predicted octanol–water partition coefficient (Wildman–Crippen LogP) is 0.0416. The Hall–Kier alpha value is -2.68. The average molecular weight is 271 g/mol. The maximum absolute atomic E-state index is 12.0. The van der Waals surface area contributed by atoms with Gasteiger partial charge >= 0.3 is 11.8 Å². The van der Waals surface area contributed by atoms with Crippen molar-refractivity contribution < 1.29 is 14.4 Å². The van der Waals surface area contributed by atoms with Crippen molar-refractivity contribution in [3.63, 3.8) is 0 Å². The number of carbonyl (C=O) groups is 3. The summed E-state index contributed by atoms with van der Waals surface area (Å²) >= 11 is 0. The van der Waals surface area contributed by atoms with E-state index in [1.165, 1.54) is 9.80 Å². The number of nitriles is 1. The van der Waals surface area contributed by atoms with Gasteiger partial charge in [-0.2, -0.15) is 5.26 Å². The Bertz CT molecular complexity index is 601. The molecule has 0 N–H and O–H groups in total. The van der Waals surface area contributed by atoms with E-state index >= 15 is 0 Å². The highest BCUT2D eigenvalue weighted by molar-refractivity contribution is 6.35. The SMILES string of the molecule is CN1CCN(CC(=O)c2ccc(C#N)cc2)C(=O)C1=O. The van der Waals surface area contributed by atoms with Crippen LogP contribution in [0, 0.1) is 11.3 Å². The highest BCUT2D eigenvalue weighted by Gasteiger charge is 2.31. The number of rotatable bonds is 3. The van der Waals surface area contributed by atoms with Crippen LogP contribution in [0.2, 0.25) is 0 Å². The molecule has 2 rings (SSSR count). The van der Waals surface area contributed by atoms with Crippen LogP contribution >= 0.6 is 0 Å². The quantitative estimate of drug-likeness (QED) is 0.574. The molecule has 6 nitrogen and oxygen atoms in total. The molecule has 0 bridgehead atoms. The second-order valence-electron chi connectivity index (χ2n) is 4.57. The second kappa shape index (κ2) is 5.53. The van der Waals surface area contributed by atoms with Crippen LogP contribution in [0.4, 0.5) is 0 Å². The van der Waals surface area contributed by atoms with Gasteiger partial charge in [-0.15, -0.1) is 0 Å². The van der Waals surface area contributed by atoms with Crippen molar-refractivity contribution in [3.05, 3.63) is 35.4 Å². The minimum absolute atomic E-state index is 0.121. The lowest BCUT2D eigenvalue weighted by Crippen LogP contribution is -2.53. The summed E-state index contributed by atoms with van der Waals surface area (Å²) in [5, 5.41) is 8.69. The normalized spacial score (nSPS) is 15.2. The Morgan fingerprint density at radius 1 is 1.20 bits per heavy atom. The summed E-state index contributed by atoms with van der Waals surface area (Å²) in [4.78, 5) is 37.9. The van der Waals surface area contributed by atoms with Crippen LogP contribution in [0.15, 0.2) is 24.3 Å². The molecule has 102 valence electrons. The molecule has 0 aromatic heterocycles. The smallest absolute Gasteiger partial charge is 0.312 e. The third-order valence-corrected chi connectivity index (χ3v) is 3.19. The van der Waals surface area contributed by atoms with Gasteiger partial charge in [0.1, 0.15) is 0 Å². The molecule has 2 amide bonds. The van der Waals surface area contributed by atoms with Crippen molar-refractivity contribution in [3.8, 4) is 6.07 Å². The number of carbonyl (C=O) groups excluding carboxylic acids is 3. The highest BCUT2D eigenvalue weighted by Crippen LogP contribution is 2.08. The maximum atomic E-state index is 12.0. The van der Waals surface area contributed by atoms with E-state index in [1.807, 2.05) is 6.07 Å². The molecule has 1 aliphatic rings. The van der Waals surface area contributed by atoms with Crippen LogP contribution < -0.4 is 0 Å². The molecular formula is C14H13N3O3. The Morgan fingerprint density at radius 2 is 1.85 bits per heavy atom. The van der Waals surface area contributed by atoms with Crippen molar-refractivity contribution in [1.82, 2.24) is 9.80 Å². The lowest BCUT2D eigenvalue weighted by Gasteiger charge is -2.30. The van der Waals surface area contributed by atoms with E-state index in [4.69, 9.17) is 5.26 Å². The zero-order valence-corrected chi connectivity index (χ0v) is 11.0. The first kappa shape index (κ1) is 13.7. The van der Waals surface area contributed by atoms with Gasteiger partial charge in [0.05, 0.1) is 18.2 Å². The monoisotopic (exact) mass is 271 g/mol. The maximum Gasteiger partial charge on any atom is 0.312 e. The first-order chi connectivity index (χ1) is 9.52. The summed E-state index contributed by atoms with van der Waals surface area (Å²) in [5.74, 6) is -1.50. The van der Waals surface area contributed by atoms with Gasteiger partial charge in [-0.3, -0.25) is 14.4 Å². The Kier molecular flexibility index (Phi) is 3.80. The largest absolute Gasteiger partial charge is 0.336 e. The Balaban J connectivity index is 2.06. The minimum atomic E-state index is -0.652. The summed E-state index contributed by atoms with van der Waals surface area (Å²) in [5.41, 5.74) is 0.885. The van der Waals surface area contributed by atoms with Crippen molar-refractivity contribution in [2.45, 2.75) is 0 Å². The zero-order chi connectivity index (χ0) is 14.7. The van der Waals surface area contributed by atoms with Crippen LogP contribution in [0.1, 0.15) is 15.9 Å². The molecular weight excluding hydrogens is 258 g/mol. The first-order valence-electron chi connectivity index (χ1n) is 6.10. The Labute approximate surface area is 116 Å². The predicted molar refractivity (Wildman–Crippen MR) is 69.7 cm³/mol. The van der Waals surface area contributed by atoms with Gasteiger partial charge in [0, 0.05) is 25.7 Å². The van der Waals surface area contributed by atoms with E-state index in [9.17, 15) is 14.4 Å². The summed E-state index contributed by atoms with van der Waals surface area (Å²) in [6, 6.07) is 8.15. The van der Waals surface area contributed by atoms with Crippen LogP contribution in [-0.4, -0.2) is 54.1 Å². The molecule has 0 atom stereocenters. The summed E-state index contributed by atoms with van der Waals surface area (Å²) in [6.45, 7) is 0.651. The van der Waals surface area contributed by atoms with Crippen LogP contribution in [0.5, 0.6) is 0 Å². The molecule has 1 saturated heterocycles. The molecule has 20 heavy (non-hydrogen) atoms. The molecule has 0 radical (unpaired) electrons. The number of benzene rings is 1. The van der Waals surface area contributed by atoms with E-state index in [1.54, 1.807) is 31.3 Å². The summed E-state index contributed by atoms with van der Waals surface area (Å²) in [7, 11) is 1.56.